The number of nitrogens with zero attached hydrogens (tertiary/aromatic N) is 1. The quantitative estimate of drug-likeness (QED) is 0.811. The molecule has 0 heterocycles. The molecular formula is C19H24ClFN3O-. The molecule has 25 heavy (non-hydrogen) atoms. The van der Waals surface area contributed by atoms with E-state index in [1.165, 1.54) is 12.1 Å². The predicted octanol–water partition coefficient (Wildman–Crippen LogP) is 1.31. The van der Waals surface area contributed by atoms with Crippen LogP contribution in [0.1, 0.15) is 25.0 Å². The second kappa shape index (κ2) is 9.89. The Morgan fingerprint density at radius 3 is 2.28 bits per heavy atom. The van der Waals surface area contributed by atoms with E-state index in [1.54, 1.807) is 12.1 Å². The maximum Gasteiger partial charge on any atom is 0.319 e. The Kier molecular flexibility index (Phi) is 8.22. The minimum atomic E-state index is -0.285. The number of nitrogens with one attached hydrogen (secondary N) is 2. The van der Waals surface area contributed by atoms with Crippen molar-refractivity contribution in [2.45, 2.75) is 27.3 Å². The number of benzene rings is 2. The number of anilines is 2. The Morgan fingerprint density at radius 2 is 1.72 bits per heavy atom. The third kappa shape index (κ3) is 5.94. The van der Waals surface area contributed by atoms with Crippen LogP contribution < -0.4 is 27.9 Å². The number of carbonyl (C=O) groups excluding carboxylic acids is 1. The standard InChI is InChI=1S/C19H24FN3O.ClH/c1-4-23(5-2)17-10-11-18(14(3)12-17)22-19(24)21-13-15-6-8-16(20)9-7-15;/h6-12H,4-5,13H2,1-3H3,(H2,21,22,24);1H/p-1. The number of rotatable bonds is 6. The van der Waals surface area contributed by atoms with Crippen LogP contribution in [-0.2, 0) is 6.54 Å². The van der Waals surface area contributed by atoms with Gasteiger partial charge in [0.25, 0.3) is 0 Å². The van der Waals surface area contributed by atoms with Crippen molar-refractivity contribution in [3.05, 3.63) is 59.4 Å². The first-order chi connectivity index (χ1) is 11.5. The normalized spacial score (nSPS) is 9.92. The smallest absolute Gasteiger partial charge is 0.319 e. The third-order valence-electron chi connectivity index (χ3n) is 3.95. The Hall–Kier alpha value is -2.27. The summed E-state index contributed by atoms with van der Waals surface area (Å²) in [4.78, 5) is 14.3. The van der Waals surface area contributed by atoms with Gasteiger partial charge in [0.2, 0.25) is 0 Å². The first kappa shape index (κ1) is 20.8. The van der Waals surface area contributed by atoms with E-state index in [0.29, 0.717) is 6.54 Å². The fourth-order valence-electron chi connectivity index (χ4n) is 2.52. The third-order valence-corrected chi connectivity index (χ3v) is 3.95. The fraction of sp³-hybridized carbons (Fsp3) is 0.316. The molecule has 0 spiro atoms. The summed E-state index contributed by atoms with van der Waals surface area (Å²) < 4.78 is 12.9. The van der Waals surface area contributed by atoms with Gasteiger partial charge in [-0.15, -0.1) is 0 Å². The monoisotopic (exact) mass is 364 g/mol. The second-order valence-corrected chi connectivity index (χ2v) is 5.61. The minimum absolute atomic E-state index is 0. The van der Waals surface area contributed by atoms with Gasteiger partial charge in [-0.05, 0) is 62.2 Å². The molecule has 6 heteroatoms. The lowest BCUT2D eigenvalue weighted by Crippen LogP contribution is -3.00. The second-order valence-electron chi connectivity index (χ2n) is 5.61. The van der Waals surface area contributed by atoms with Crippen LogP contribution in [0, 0.1) is 12.7 Å². The zero-order chi connectivity index (χ0) is 17.5. The Balaban J connectivity index is 0.00000312. The SMILES string of the molecule is CCN(CC)c1ccc(NC(=O)NCc2ccc(F)cc2)c(C)c1.[Cl-]. The van der Waals surface area contributed by atoms with Gasteiger partial charge in [0.15, 0.2) is 0 Å². The number of urea groups is 1. The van der Waals surface area contributed by atoms with E-state index in [2.05, 4.69) is 35.4 Å². The first-order valence-electron chi connectivity index (χ1n) is 8.18. The molecule has 4 nitrogen and oxygen atoms in total. The highest BCUT2D eigenvalue weighted by molar-refractivity contribution is 5.90. The predicted molar refractivity (Wildman–Crippen MR) is 97.0 cm³/mol. The van der Waals surface area contributed by atoms with Gasteiger partial charge in [-0.2, -0.15) is 0 Å². The van der Waals surface area contributed by atoms with Crippen LogP contribution in [0.5, 0.6) is 0 Å². The number of halogens is 2. The van der Waals surface area contributed by atoms with E-state index in [1.807, 2.05) is 19.1 Å². The molecule has 0 aliphatic rings. The lowest BCUT2D eigenvalue weighted by Gasteiger charge is -2.22. The maximum absolute atomic E-state index is 12.9. The largest absolute Gasteiger partial charge is 1.00 e. The molecule has 2 aromatic rings. The van der Waals surface area contributed by atoms with Crippen LogP contribution >= 0.6 is 0 Å². The highest BCUT2D eigenvalue weighted by atomic mass is 35.5. The molecule has 2 amide bonds. The summed E-state index contributed by atoms with van der Waals surface area (Å²) in [6, 6.07) is 11.8. The summed E-state index contributed by atoms with van der Waals surface area (Å²) in [5.41, 5.74) is 3.79. The Bertz CT molecular complexity index is 688. The summed E-state index contributed by atoms with van der Waals surface area (Å²) in [5.74, 6) is -0.285. The van der Waals surface area contributed by atoms with Crippen LogP contribution in [-0.4, -0.2) is 19.1 Å². The molecule has 0 unspecified atom stereocenters. The first-order valence-corrected chi connectivity index (χ1v) is 8.18. The zero-order valence-electron chi connectivity index (χ0n) is 14.8. The summed E-state index contributed by atoms with van der Waals surface area (Å²) in [7, 11) is 0. The van der Waals surface area contributed by atoms with Crippen LogP contribution in [0.2, 0.25) is 0 Å². The molecule has 0 bridgehead atoms. The molecular weight excluding hydrogens is 341 g/mol. The molecule has 0 saturated carbocycles. The highest BCUT2D eigenvalue weighted by Gasteiger charge is 2.07. The average molecular weight is 365 g/mol. The highest BCUT2D eigenvalue weighted by Crippen LogP contribution is 2.22. The summed E-state index contributed by atoms with van der Waals surface area (Å²) in [5, 5.41) is 5.62. The van der Waals surface area contributed by atoms with Crippen molar-refractivity contribution >= 4 is 17.4 Å². The fourth-order valence-corrected chi connectivity index (χ4v) is 2.52. The molecule has 0 radical (unpaired) electrons. The van der Waals surface area contributed by atoms with E-state index in [0.717, 1.165) is 35.6 Å². The van der Waals surface area contributed by atoms with Gasteiger partial charge in [-0.1, -0.05) is 12.1 Å². The van der Waals surface area contributed by atoms with Crippen molar-refractivity contribution in [2.75, 3.05) is 23.3 Å². The Labute approximate surface area is 154 Å². The molecule has 2 aromatic carbocycles. The van der Waals surface area contributed by atoms with Gasteiger partial charge >= 0.3 is 6.03 Å². The number of aryl methyl sites for hydroxylation is 1. The number of hydrogen-bond donors (Lipinski definition) is 2. The van der Waals surface area contributed by atoms with Crippen molar-refractivity contribution in [1.82, 2.24) is 5.32 Å². The van der Waals surface area contributed by atoms with Crippen LogP contribution in [0.25, 0.3) is 0 Å². The van der Waals surface area contributed by atoms with Crippen LogP contribution in [0.4, 0.5) is 20.6 Å². The Morgan fingerprint density at radius 1 is 1.08 bits per heavy atom. The number of hydrogen-bond acceptors (Lipinski definition) is 2. The van der Waals surface area contributed by atoms with Crippen molar-refractivity contribution in [2.24, 2.45) is 0 Å². The van der Waals surface area contributed by atoms with Gasteiger partial charge < -0.3 is 27.9 Å². The topological polar surface area (TPSA) is 44.4 Å². The van der Waals surface area contributed by atoms with Crippen molar-refractivity contribution in [3.63, 3.8) is 0 Å². The van der Waals surface area contributed by atoms with Gasteiger partial charge in [0.05, 0.1) is 0 Å². The lowest BCUT2D eigenvalue weighted by molar-refractivity contribution is -0.00000872. The molecule has 2 N–H and O–H groups in total. The van der Waals surface area contributed by atoms with Gasteiger partial charge in [-0.25, -0.2) is 9.18 Å². The number of carbonyl (C=O) groups is 1. The zero-order valence-corrected chi connectivity index (χ0v) is 15.5. The van der Waals surface area contributed by atoms with E-state index >= 15 is 0 Å². The molecule has 2 rings (SSSR count). The summed E-state index contributed by atoms with van der Waals surface area (Å²) in [6.07, 6.45) is 0. The number of amides is 2. The minimum Gasteiger partial charge on any atom is -1.00 e. The molecule has 0 aliphatic heterocycles. The molecule has 0 saturated heterocycles. The molecule has 0 atom stereocenters. The van der Waals surface area contributed by atoms with Crippen molar-refractivity contribution in [3.8, 4) is 0 Å². The molecule has 0 aromatic heterocycles. The van der Waals surface area contributed by atoms with E-state index in [4.69, 9.17) is 0 Å². The van der Waals surface area contributed by atoms with E-state index in [-0.39, 0.29) is 24.3 Å². The van der Waals surface area contributed by atoms with Crippen molar-refractivity contribution < 1.29 is 21.6 Å². The maximum atomic E-state index is 12.9. The summed E-state index contributed by atoms with van der Waals surface area (Å²) >= 11 is 0. The molecule has 136 valence electrons. The lowest BCUT2D eigenvalue weighted by atomic mass is 10.1. The molecule has 0 fully saturated rings. The van der Waals surface area contributed by atoms with Crippen LogP contribution in [0.15, 0.2) is 42.5 Å². The van der Waals surface area contributed by atoms with Gasteiger partial charge in [-0.3, -0.25) is 0 Å². The summed E-state index contributed by atoms with van der Waals surface area (Å²) in [6.45, 7) is 8.45. The van der Waals surface area contributed by atoms with Crippen molar-refractivity contribution in [1.29, 1.82) is 0 Å². The molecule has 0 aliphatic carbocycles. The average Bonchev–Trinajstić information content (AvgIpc) is 2.58. The van der Waals surface area contributed by atoms with Gasteiger partial charge in [0, 0.05) is 31.0 Å². The van der Waals surface area contributed by atoms with E-state index < -0.39 is 0 Å². The van der Waals surface area contributed by atoms with Gasteiger partial charge in [0.1, 0.15) is 5.82 Å². The van der Waals surface area contributed by atoms with Crippen LogP contribution in [0.3, 0.4) is 0 Å². The van der Waals surface area contributed by atoms with E-state index in [9.17, 15) is 9.18 Å².